The Kier molecular flexibility index (Phi) is 72.4. The second-order valence-corrected chi connectivity index (χ2v) is 29.2. The highest BCUT2D eigenvalue weighted by Gasteiger charge is 2.30. The zero-order chi connectivity index (χ0) is 76.0. The molecular weight excluding hydrogens is 1350 g/mol. The third-order valence-corrected chi connectivity index (χ3v) is 18.2. The number of hydrogen-bond donors (Lipinski definition) is 3. The van der Waals surface area contributed by atoms with Gasteiger partial charge in [-0.3, -0.25) is 37.3 Å². The fraction of sp³-hybridized carbons (Fsp3) is 0.671. The molecule has 17 nitrogen and oxygen atoms in total. The van der Waals surface area contributed by atoms with Gasteiger partial charge in [-0.25, -0.2) is 9.13 Å². The maximum absolute atomic E-state index is 13.1. The van der Waals surface area contributed by atoms with Gasteiger partial charge in [-0.2, -0.15) is 0 Å². The number of phosphoric ester groups is 2. The van der Waals surface area contributed by atoms with Crippen molar-refractivity contribution in [1.29, 1.82) is 0 Å². The van der Waals surface area contributed by atoms with Gasteiger partial charge >= 0.3 is 39.5 Å². The van der Waals surface area contributed by atoms with E-state index < -0.39 is 97.5 Å². The summed E-state index contributed by atoms with van der Waals surface area (Å²) in [4.78, 5) is 73.0. The molecule has 0 aliphatic rings. The van der Waals surface area contributed by atoms with Crippen molar-refractivity contribution >= 4 is 39.5 Å². The van der Waals surface area contributed by atoms with Crippen molar-refractivity contribution < 1.29 is 80.2 Å². The Balaban J connectivity index is 5.41. The highest BCUT2D eigenvalue weighted by molar-refractivity contribution is 7.47. The van der Waals surface area contributed by atoms with E-state index in [1.165, 1.54) is 51.4 Å². The third-order valence-electron chi connectivity index (χ3n) is 16.3. The molecular formula is C85H142O17P2. The molecule has 0 rings (SSSR count). The van der Waals surface area contributed by atoms with Gasteiger partial charge in [0.25, 0.3) is 0 Å². The second-order valence-electron chi connectivity index (χ2n) is 26.2. The van der Waals surface area contributed by atoms with E-state index in [9.17, 15) is 43.2 Å². The molecule has 0 aliphatic carbocycles. The zero-order valence-corrected chi connectivity index (χ0v) is 66.7. The lowest BCUT2D eigenvalue weighted by molar-refractivity contribution is -0.161. The maximum atomic E-state index is 13.1. The summed E-state index contributed by atoms with van der Waals surface area (Å²) in [6.07, 6.45) is 87.0. The average Bonchev–Trinajstić information content (AvgIpc) is 0.913. The number of hydrogen-bond acceptors (Lipinski definition) is 15. The molecule has 594 valence electrons. The number of rotatable bonds is 74. The lowest BCUT2D eigenvalue weighted by Crippen LogP contribution is -2.30. The lowest BCUT2D eigenvalue weighted by Gasteiger charge is -2.21. The number of allylic oxidation sites excluding steroid dienone is 24. The minimum atomic E-state index is -5.00. The Morgan fingerprint density at radius 1 is 0.279 bits per heavy atom. The van der Waals surface area contributed by atoms with Crippen LogP contribution in [0.3, 0.4) is 0 Å². The molecule has 5 atom stereocenters. The Hall–Kier alpha value is -5.06. The van der Waals surface area contributed by atoms with E-state index in [1.807, 2.05) is 18.2 Å². The third kappa shape index (κ3) is 75.2. The molecule has 5 unspecified atom stereocenters. The second kappa shape index (κ2) is 76.1. The summed E-state index contributed by atoms with van der Waals surface area (Å²) in [6, 6.07) is 0. The molecule has 0 bridgehead atoms. The van der Waals surface area contributed by atoms with Gasteiger partial charge in [0.1, 0.15) is 19.3 Å². The monoisotopic (exact) mass is 1500 g/mol. The Morgan fingerprint density at radius 3 is 0.865 bits per heavy atom. The first-order chi connectivity index (χ1) is 50.7. The molecule has 0 saturated carbocycles. The van der Waals surface area contributed by atoms with E-state index in [4.69, 9.17) is 37.0 Å². The maximum Gasteiger partial charge on any atom is 0.472 e. The Bertz CT molecular complexity index is 2540. The zero-order valence-electron chi connectivity index (χ0n) is 64.9. The largest absolute Gasteiger partial charge is 0.472 e. The summed E-state index contributed by atoms with van der Waals surface area (Å²) < 4.78 is 68.5. The van der Waals surface area contributed by atoms with Crippen LogP contribution in [-0.4, -0.2) is 96.7 Å². The van der Waals surface area contributed by atoms with Crippen molar-refractivity contribution in [3.05, 3.63) is 146 Å². The first kappa shape index (κ1) is 98.9. The van der Waals surface area contributed by atoms with Crippen LogP contribution >= 0.6 is 15.6 Å². The van der Waals surface area contributed by atoms with Gasteiger partial charge in [-0.15, -0.1) is 0 Å². The molecule has 104 heavy (non-hydrogen) atoms. The van der Waals surface area contributed by atoms with Crippen LogP contribution in [0.4, 0.5) is 0 Å². The number of unbranched alkanes of at least 4 members (excludes halogenated alkanes) is 24. The van der Waals surface area contributed by atoms with Crippen LogP contribution in [-0.2, 0) is 65.4 Å². The molecule has 0 heterocycles. The highest BCUT2D eigenvalue weighted by Crippen LogP contribution is 2.45. The average molecular weight is 1500 g/mol. The molecule has 0 radical (unpaired) electrons. The summed E-state index contributed by atoms with van der Waals surface area (Å²) in [7, 11) is -9.99. The Labute approximate surface area is 630 Å². The fourth-order valence-electron chi connectivity index (χ4n) is 10.3. The van der Waals surface area contributed by atoms with E-state index in [2.05, 4.69) is 155 Å². The molecule has 0 fully saturated rings. The molecule has 0 aromatic heterocycles. The topological polar surface area (TPSA) is 237 Å². The number of aliphatic hydroxyl groups is 1. The van der Waals surface area contributed by atoms with Crippen LogP contribution in [0, 0.1) is 0 Å². The van der Waals surface area contributed by atoms with Gasteiger partial charge in [0.15, 0.2) is 12.2 Å². The fourth-order valence-corrected chi connectivity index (χ4v) is 11.9. The van der Waals surface area contributed by atoms with Crippen molar-refractivity contribution in [3.8, 4) is 0 Å². The summed E-state index contributed by atoms with van der Waals surface area (Å²) in [5, 5.41) is 10.6. The predicted octanol–water partition coefficient (Wildman–Crippen LogP) is 23.4. The smallest absolute Gasteiger partial charge is 0.462 e. The number of esters is 4. The van der Waals surface area contributed by atoms with Crippen LogP contribution in [0.1, 0.15) is 310 Å². The van der Waals surface area contributed by atoms with E-state index in [1.54, 1.807) is 0 Å². The summed E-state index contributed by atoms with van der Waals surface area (Å²) in [6.45, 7) is 4.47. The van der Waals surface area contributed by atoms with Crippen LogP contribution in [0.2, 0.25) is 0 Å². The highest BCUT2D eigenvalue weighted by atomic mass is 31.2. The van der Waals surface area contributed by atoms with Crippen molar-refractivity contribution in [1.82, 2.24) is 0 Å². The minimum absolute atomic E-state index is 0.0345. The van der Waals surface area contributed by atoms with E-state index >= 15 is 0 Å². The molecule has 19 heteroatoms. The first-order valence-electron chi connectivity index (χ1n) is 40.1. The first-order valence-corrected chi connectivity index (χ1v) is 43.1. The molecule has 0 saturated heterocycles. The SMILES string of the molecule is CC/C=C\C/C=C\C/C=C\C/C=C\C/C=C\C/C=C\CCC(=O)OCC(COP(=O)(O)OCC(O)COP(=O)(O)OCC(COC(=O)CCCCCCCC/C=C\C/C=C\C/C=C\C/C=C\CC)OC(=O)CCCCCCC/C=C\C/C=C\CCC)OC(=O)CCCCCCCCCCCCCCC. The molecule has 0 aromatic rings. The molecule has 0 spiro atoms. The predicted molar refractivity (Wildman–Crippen MR) is 427 cm³/mol. The van der Waals surface area contributed by atoms with Gasteiger partial charge in [-0.1, -0.05) is 302 Å². The molecule has 0 aromatic carbocycles. The quantitative estimate of drug-likeness (QED) is 0.0169. The van der Waals surface area contributed by atoms with E-state index in [0.29, 0.717) is 32.1 Å². The van der Waals surface area contributed by atoms with Crippen molar-refractivity contribution in [2.75, 3.05) is 39.6 Å². The van der Waals surface area contributed by atoms with Crippen LogP contribution < -0.4 is 0 Å². The number of carbonyl (C=O) groups is 4. The van der Waals surface area contributed by atoms with Crippen LogP contribution in [0.5, 0.6) is 0 Å². The number of carbonyl (C=O) groups excluding carboxylic acids is 4. The number of ether oxygens (including phenoxy) is 4. The summed E-state index contributed by atoms with van der Waals surface area (Å²) in [5.41, 5.74) is 0. The molecule has 0 aliphatic heterocycles. The summed E-state index contributed by atoms with van der Waals surface area (Å²) >= 11 is 0. The summed E-state index contributed by atoms with van der Waals surface area (Å²) in [5.74, 6) is -2.30. The number of phosphoric acid groups is 2. The van der Waals surface area contributed by atoms with E-state index in [-0.39, 0.29) is 25.7 Å². The molecule has 3 N–H and O–H groups in total. The van der Waals surface area contributed by atoms with Gasteiger partial charge in [-0.05, 0) is 128 Å². The van der Waals surface area contributed by atoms with Gasteiger partial charge in [0.2, 0.25) is 0 Å². The van der Waals surface area contributed by atoms with Crippen molar-refractivity contribution in [2.24, 2.45) is 0 Å². The molecule has 0 amide bonds. The standard InChI is InChI=1S/C85H142O17P2/c1-5-9-13-17-21-25-29-33-35-37-39-41-43-47-49-53-57-61-65-69-82(87)95-75-80(101-84(89)71-67-63-59-55-51-45-31-27-23-19-15-11-7-3)77-99-103(91,92)97-73-79(86)74-98-104(93,94)100-78-81(102-85(90)72-68-64-60-56-52-46-32-28-24-20-16-12-8-4)76-96-83(88)70-66-62-58-54-50-48-44-42-40-38-36-34-30-26-22-18-14-10-6-2/h9-10,13-15,19,21-22,25-27,31,33-36,39-42,48,50,58,62,79-81,86H,5-8,11-12,16-18,20,23-24,28-30,32,37-38,43-47,49,51-57,59-61,63-78H2,1-4H3,(H,91,92)(H,93,94)/b13-9-,14-10-,19-15-,25-21-,26-22-,31-27-,35-33-,36-34-,41-39-,42-40-,50-48-,62-58-. The van der Waals surface area contributed by atoms with Gasteiger partial charge < -0.3 is 33.8 Å². The van der Waals surface area contributed by atoms with Crippen LogP contribution in [0.25, 0.3) is 0 Å². The van der Waals surface area contributed by atoms with Crippen molar-refractivity contribution in [3.63, 3.8) is 0 Å². The minimum Gasteiger partial charge on any atom is -0.462 e. The normalized spacial score (nSPS) is 14.6. The van der Waals surface area contributed by atoms with Crippen LogP contribution in [0.15, 0.2) is 146 Å². The lowest BCUT2D eigenvalue weighted by atomic mass is 10.0. The van der Waals surface area contributed by atoms with Crippen molar-refractivity contribution in [2.45, 2.75) is 329 Å². The Morgan fingerprint density at radius 2 is 0.538 bits per heavy atom. The van der Waals surface area contributed by atoms with E-state index in [0.717, 1.165) is 173 Å². The van der Waals surface area contributed by atoms with Gasteiger partial charge in [0.05, 0.1) is 26.4 Å². The van der Waals surface area contributed by atoms with Gasteiger partial charge in [0, 0.05) is 25.7 Å². The number of aliphatic hydroxyl groups excluding tert-OH is 1.